The van der Waals surface area contributed by atoms with Gasteiger partial charge in [-0.15, -0.1) is 0 Å². The molecule has 156 valence electrons. The van der Waals surface area contributed by atoms with Gasteiger partial charge in [-0.2, -0.15) is 0 Å². The van der Waals surface area contributed by atoms with Crippen LogP contribution < -0.4 is 0 Å². The van der Waals surface area contributed by atoms with E-state index in [1.165, 1.54) is 33.3 Å². The van der Waals surface area contributed by atoms with Crippen molar-refractivity contribution >= 4 is 16.8 Å². The average molecular weight is 402 g/mol. The van der Waals surface area contributed by atoms with Crippen LogP contribution in [0.15, 0.2) is 36.5 Å². The predicted molar refractivity (Wildman–Crippen MR) is 122 cm³/mol. The molecule has 4 nitrogen and oxygen atoms in total. The summed E-state index contributed by atoms with van der Waals surface area (Å²) in [5.74, 6) is 1.70. The molecule has 0 unspecified atom stereocenters. The van der Waals surface area contributed by atoms with Crippen molar-refractivity contribution in [2.45, 2.75) is 58.3 Å². The fourth-order valence-electron chi connectivity index (χ4n) is 5.03. The van der Waals surface area contributed by atoms with Crippen LogP contribution in [0.25, 0.3) is 22.2 Å². The van der Waals surface area contributed by atoms with Crippen molar-refractivity contribution < 1.29 is 4.79 Å². The van der Waals surface area contributed by atoms with Crippen LogP contribution in [0.3, 0.4) is 0 Å². The smallest absolute Gasteiger partial charge is 0.225 e. The maximum Gasteiger partial charge on any atom is 0.225 e. The van der Waals surface area contributed by atoms with E-state index in [0.29, 0.717) is 23.7 Å². The summed E-state index contributed by atoms with van der Waals surface area (Å²) in [5, 5.41) is 1.34. The first-order chi connectivity index (χ1) is 14.5. The SMILES string of the molecule is Cc1cc(-c2[nH]c3ccc(C4CCN(C(=O)C5CC5)CC4)cc3c2C(C)C)ccn1. The van der Waals surface area contributed by atoms with E-state index in [4.69, 9.17) is 0 Å². The van der Waals surface area contributed by atoms with Gasteiger partial charge < -0.3 is 9.88 Å². The number of piperidine rings is 1. The third kappa shape index (κ3) is 3.53. The second kappa shape index (κ2) is 7.57. The molecule has 0 spiro atoms. The summed E-state index contributed by atoms with van der Waals surface area (Å²) in [6.45, 7) is 8.40. The zero-order valence-corrected chi connectivity index (χ0v) is 18.2. The number of hydrogen-bond donors (Lipinski definition) is 1. The predicted octanol–water partition coefficient (Wildman–Crippen LogP) is 5.78. The Balaban J connectivity index is 1.45. The molecule has 1 N–H and O–H groups in total. The first kappa shape index (κ1) is 19.3. The lowest BCUT2D eigenvalue weighted by atomic mass is 9.87. The number of carbonyl (C=O) groups is 1. The van der Waals surface area contributed by atoms with Crippen LogP contribution in [0.1, 0.15) is 68.2 Å². The molecule has 0 radical (unpaired) electrons. The zero-order valence-electron chi connectivity index (χ0n) is 18.2. The van der Waals surface area contributed by atoms with E-state index >= 15 is 0 Å². The van der Waals surface area contributed by atoms with Gasteiger partial charge >= 0.3 is 0 Å². The quantitative estimate of drug-likeness (QED) is 0.602. The van der Waals surface area contributed by atoms with Crippen LogP contribution in [-0.4, -0.2) is 33.9 Å². The summed E-state index contributed by atoms with van der Waals surface area (Å²) in [4.78, 5) is 22.5. The Labute approximate surface area is 178 Å². The maximum absolute atomic E-state index is 12.4. The highest BCUT2D eigenvalue weighted by Crippen LogP contribution is 2.39. The van der Waals surface area contributed by atoms with Gasteiger partial charge in [0.2, 0.25) is 5.91 Å². The van der Waals surface area contributed by atoms with E-state index in [9.17, 15) is 4.79 Å². The number of carbonyl (C=O) groups excluding carboxylic acids is 1. The summed E-state index contributed by atoms with van der Waals surface area (Å²) in [6, 6.07) is 11.2. The molecular formula is C26H31N3O. The molecule has 0 atom stereocenters. The lowest BCUT2D eigenvalue weighted by Crippen LogP contribution is -2.38. The maximum atomic E-state index is 12.4. The molecule has 0 bridgehead atoms. The van der Waals surface area contributed by atoms with Gasteiger partial charge in [-0.3, -0.25) is 9.78 Å². The Morgan fingerprint density at radius 3 is 2.53 bits per heavy atom. The van der Waals surface area contributed by atoms with Gasteiger partial charge in [-0.05, 0) is 79.8 Å². The Morgan fingerprint density at radius 2 is 1.87 bits per heavy atom. The van der Waals surface area contributed by atoms with Crippen LogP contribution in [0.2, 0.25) is 0 Å². The fraction of sp³-hybridized carbons (Fsp3) is 0.462. The van der Waals surface area contributed by atoms with Crippen molar-refractivity contribution in [3.8, 4) is 11.3 Å². The molecule has 4 heteroatoms. The number of benzene rings is 1. The van der Waals surface area contributed by atoms with Crippen LogP contribution in [0.4, 0.5) is 0 Å². The average Bonchev–Trinajstić information content (AvgIpc) is 3.52. The molecule has 5 rings (SSSR count). The van der Waals surface area contributed by atoms with E-state index < -0.39 is 0 Å². The lowest BCUT2D eigenvalue weighted by Gasteiger charge is -2.32. The molecule has 1 aliphatic heterocycles. The molecule has 2 fully saturated rings. The highest BCUT2D eigenvalue weighted by atomic mass is 16.2. The Hall–Kier alpha value is -2.62. The van der Waals surface area contributed by atoms with Gasteiger partial charge in [-0.1, -0.05) is 19.9 Å². The van der Waals surface area contributed by atoms with Crippen LogP contribution in [0, 0.1) is 12.8 Å². The normalized spacial score (nSPS) is 17.8. The Bertz CT molecular complexity index is 1080. The number of pyridine rings is 1. The number of nitrogens with one attached hydrogen (secondary N) is 1. The van der Waals surface area contributed by atoms with Crippen molar-refractivity contribution in [3.63, 3.8) is 0 Å². The van der Waals surface area contributed by atoms with Crippen molar-refractivity contribution in [1.29, 1.82) is 0 Å². The summed E-state index contributed by atoms with van der Waals surface area (Å²) in [6.07, 6.45) is 6.23. The number of hydrogen-bond acceptors (Lipinski definition) is 2. The fourth-order valence-corrected chi connectivity index (χ4v) is 5.03. The second-order valence-corrected chi connectivity index (χ2v) is 9.43. The Kier molecular flexibility index (Phi) is 4.88. The molecule has 1 aromatic carbocycles. The zero-order chi connectivity index (χ0) is 20.8. The van der Waals surface area contributed by atoms with Crippen molar-refractivity contribution in [3.05, 3.63) is 53.3 Å². The van der Waals surface area contributed by atoms with Gasteiger partial charge in [-0.25, -0.2) is 0 Å². The number of fused-ring (bicyclic) bond motifs is 1. The first-order valence-corrected chi connectivity index (χ1v) is 11.4. The van der Waals surface area contributed by atoms with Gasteiger partial charge in [0.05, 0.1) is 5.69 Å². The molecule has 1 aliphatic carbocycles. The number of likely N-dealkylation sites (tertiary alicyclic amines) is 1. The van der Waals surface area contributed by atoms with Crippen LogP contribution in [-0.2, 0) is 4.79 Å². The third-order valence-electron chi connectivity index (χ3n) is 6.83. The van der Waals surface area contributed by atoms with E-state index in [1.54, 1.807) is 0 Å². The minimum atomic E-state index is 0.335. The van der Waals surface area contributed by atoms with Crippen LogP contribution >= 0.6 is 0 Å². The van der Waals surface area contributed by atoms with Crippen molar-refractivity contribution in [2.24, 2.45) is 5.92 Å². The summed E-state index contributed by atoms with van der Waals surface area (Å²) in [5.41, 5.74) is 7.46. The first-order valence-electron chi connectivity index (χ1n) is 11.4. The molecule has 1 amide bonds. The van der Waals surface area contributed by atoms with E-state index in [2.05, 4.69) is 59.0 Å². The third-order valence-corrected chi connectivity index (χ3v) is 6.83. The van der Waals surface area contributed by atoms with E-state index in [0.717, 1.165) is 44.5 Å². The minimum absolute atomic E-state index is 0.335. The molecule has 2 aliphatic rings. The highest BCUT2D eigenvalue weighted by Gasteiger charge is 2.35. The summed E-state index contributed by atoms with van der Waals surface area (Å²) >= 11 is 0. The molecular weight excluding hydrogens is 370 g/mol. The van der Waals surface area contributed by atoms with Gasteiger partial charge in [0, 0.05) is 47.4 Å². The number of nitrogens with zero attached hydrogens (tertiary/aromatic N) is 2. The molecule has 3 aromatic rings. The Morgan fingerprint density at radius 1 is 1.10 bits per heavy atom. The summed E-state index contributed by atoms with van der Waals surface area (Å²) in [7, 11) is 0. The summed E-state index contributed by atoms with van der Waals surface area (Å²) < 4.78 is 0. The molecule has 2 aromatic heterocycles. The number of aromatic amines is 1. The van der Waals surface area contributed by atoms with Crippen LogP contribution in [0.5, 0.6) is 0 Å². The number of aromatic nitrogens is 2. The number of rotatable bonds is 4. The molecule has 30 heavy (non-hydrogen) atoms. The van der Waals surface area contributed by atoms with E-state index in [1.807, 2.05) is 13.1 Å². The lowest BCUT2D eigenvalue weighted by molar-refractivity contribution is -0.133. The molecule has 1 saturated heterocycles. The second-order valence-electron chi connectivity index (χ2n) is 9.43. The molecule has 3 heterocycles. The minimum Gasteiger partial charge on any atom is -0.354 e. The standard InChI is InChI=1S/C26H31N3O/c1-16(2)24-22-15-20(18-9-12-29(13-10-18)26(30)19-4-5-19)6-7-23(22)28-25(24)21-8-11-27-17(3)14-21/h6-8,11,14-16,18-19,28H,4-5,9-10,12-13H2,1-3H3. The van der Waals surface area contributed by atoms with Crippen molar-refractivity contribution in [1.82, 2.24) is 14.9 Å². The largest absolute Gasteiger partial charge is 0.354 e. The van der Waals surface area contributed by atoms with Crippen molar-refractivity contribution in [2.75, 3.05) is 13.1 Å². The number of H-pyrrole nitrogens is 1. The monoisotopic (exact) mass is 401 g/mol. The highest BCUT2D eigenvalue weighted by molar-refractivity contribution is 5.92. The van der Waals surface area contributed by atoms with Gasteiger partial charge in [0.1, 0.15) is 0 Å². The van der Waals surface area contributed by atoms with Gasteiger partial charge in [0.15, 0.2) is 0 Å². The van der Waals surface area contributed by atoms with E-state index in [-0.39, 0.29) is 0 Å². The molecule has 1 saturated carbocycles. The topological polar surface area (TPSA) is 49.0 Å². The number of amides is 1. The van der Waals surface area contributed by atoms with Gasteiger partial charge in [0.25, 0.3) is 0 Å². The number of aryl methyl sites for hydroxylation is 1.